The summed E-state index contributed by atoms with van der Waals surface area (Å²) in [5, 5.41) is 8.78. The van der Waals surface area contributed by atoms with Gasteiger partial charge in [0.1, 0.15) is 5.82 Å². The number of hydrogen-bond acceptors (Lipinski definition) is 4. The Kier molecular flexibility index (Phi) is 6.54. The lowest BCUT2D eigenvalue weighted by molar-refractivity contribution is -0.119. The van der Waals surface area contributed by atoms with Gasteiger partial charge in [-0.15, -0.1) is 0 Å². The Bertz CT molecular complexity index is 1830. The molecule has 2 aromatic heterocycles. The molecule has 0 fully saturated rings. The Labute approximate surface area is 241 Å². The van der Waals surface area contributed by atoms with Crippen LogP contribution in [0, 0.1) is 31.5 Å². The monoisotopic (exact) mass is 562 g/mol. The summed E-state index contributed by atoms with van der Waals surface area (Å²) in [7, 11) is 0. The van der Waals surface area contributed by atoms with Crippen LogP contribution < -0.4 is 16.0 Å². The molecule has 2 aromatic carbocycles. The highest BCUT2D eigenvalue weighted by Gasteiger charge is 2.56. The van der Waals surface area contributed by atoms with Crippen LogP contribution in [0.3, 0.4) is 0 Å². The van der Waals surface area contributed by atoms with E-state index in [0.29, 0.717) is 22.5 Å². The zero-order valence-electron chi connectivity index (χ0n) is 23.1. The van der Waals surface area contributed by atoms with Crippen molar-refractivity contribution in [2.45, 2.75) is 38.1 Å². The molecule has 0 saturated carbocycles. The molecule has 210 valence electrons. The first kappa shape index (κ1) is 26.8. The van der Waals surface area contributed by atoms with E-state index in [2.05, 4.69) is 32.8 Å². The van der Waals surface area contributed by atoms with E-state index in [1.807, 2.05) is 20.8 Å². The molecule has 1 aliphatic heterocycles. The number of carbonyl (C=O) groups excluding carboxylic acids is 3. The van der Waals surface area contributed by atoms with Crippen molar-refractivity contribution in [3.63, 3.8) is 0 Å². The fraction of sp³-hybridized carbons (Fsp3) is 0.182. The van der Waals surface area contributed by atoms with Crippen LogP contribution in [-0.2, 0) is 15.0 Å². The van der Waals surface area contributed by atoms with Crippen LogP contribution >= 0.6 is 0 Å². The van der Waals surface area contributed by atoms with Gasteiger partial charge < -0.3 is 25.4 Å². The molecule has 4 aromatic rings. The van der Waals surface area contributed by atoms with E-state index >= 15 is 0 Å². The number of carbonyl (C=O) groups is 3. The van der Waals surface area contributed by atoms with Crippen molar-refractivity contribution in [2.75, 3.05) is 10.6 Å². The van der Waals surface area contributed by atoms with Crippen LogP contribution in [0.15, 0.2) is 71.6 Å². The van der Waals surface area contributed by atoms with Crippen LogP contribution in [0.4, 0.5) is 15.8 Å². The van der Waals surface area contributed by atoms with Crippen LogP contribution in [0.25, 0.3) is 6.08 Å². The van der Waals surface area contributed by atoms with Crippen molar-refractivity contribution in [1.82, 2.24) is 10.3 Å². The average Bonchev–Trinajstić information content (AvgIpc) is 3.65. The maximum atomic E-state index is 13.4. The summed E-state index contributed by atoms with van der Waals surface area (Å²) in [5.74, 6) is 4.47. The van der Waals surface area contributed by atoms with Crippen molar-refractivity contribution in [2.24, 2.45) is 0 Å². The first-order valence-electron chi connectivity index (χ1n) is 13.4. The second kappa shape index (κ2) is 10.2. The van der Waals surface area contributed by atoms with Gasteiger partial charge in [-0.1, -0.05) is 24.0 Å². The molecular weight excluding hydrogens is 535 g/mol. The van der Waals surface area contributed by atoms with Crippen LogP contribution in [-0.4, -0.2) is 22.7 Å². The Morgan fingerprint density at radius 3 is 2.62 bits per heavy atom. The summed E-state index contributed by atoms with van der Waals surface area (Å²) in [6, 6.07) is 12.4. The largest absolute Gasteiger partial charge is 0.472 e. The quantitative estimate of drug-likeness (QED) is 0.176. The molecule has 0 radical (unpaired) electrons. The lowest BCUT2D eigenvalue weighted by Crippen LogP contribution is -2.44. The molecular formula is C33H27FN4O4. The van der Waals surface area contributed by atoms with Crippen LogP contribution in [0.2, 0.25) is 0 Å². The Hall–Kier alpha value is -5.36. The number of nitrogens with one attached hydrogen (secondary N) is 4. The second-order valence-electron chi connectivity index (χ2n) is 10.5. The van der Waals surface area contributed by atoms with Gasteiger partial charge in [-0.3, -0.25) is 14.4 Å². The lowest BCUT2D eigenvalue weighted by Gasteiger charge is -2.34. The first-order valence-corrected chi connectivity index (χ1v) is 13.4. The molecule has 3 amide bonds. The van der Waals surface area contributed by atoms with Gasteiger partial charge in [0.2, 0.25) is 11.8 Å². The van der Waals surface area contributed by atoms with E-state index in [1.54, 1.807) is 42.5 Å². The topological polar surface area (TPSA) is 116 Å². The highest BCUT2D eigenvalue weighted by molar-refractivity contribution is 6.12. The minimum atomic E-state index is -1.18. The van der Waals surface area contributed by atoms with Gasteiger partial charge in [-0.25, -0.2) is 4.39 Å². The summed E-state index contributed by atoms with van der Waals surface area (Å²) in [5.41, 5.74) is 4.81. The Morgan fingerprint density at radius 2 is 1.93 bits per heavy atom. The summed E-state index contributed by atoms with van der Waals surface area (Å²) in [6.07, 6.45) is 6.14. The fourth-order valence-corrected chi connectivity index (χ4v) is 5.52. The molecule has 1 aliphatic carbocycles. The molecule has 2 aliphatic rings. The first-order chi connectivity index (χ1) is 20.2. The third-order valence-corrected chi connectivity index (χ3v) is 7.86. The van der Waals surface area contributed by atoms with Gasteiger partial charge >= 0.3 is 0 Å². The number of hydrogen-bond donors (Lipinski definition) is 4. The summed E-state index contributed by atoms with van der Waals surface area (Å²) in [4.78, 5) is 42.6. The Morgan fingerprint density at radius 1 is 1.14 bits per heavy atom. The summed E-state index contributed by atoms with van der Waals surface area (Å²) < 4.78 is 18.4. The number of anilines is 2. The molecule has 1 spiro atoms. The molecule has 3 heterocycles. The van der Waals surface area contributed by atoms with Crippen LogP contribution in [0.5, 0.6) is 0 Å². The number of amides is 3. The van der Waals surface area contributed by atoms with Gasteiger partial charge in [0.05, 0.1) is 30.2 Å². The van der Waals surface area contributed by atoms with Crippen molar-refractivity contribution < 1.29 is 23.2 Å². The SMILES string of the molecule is Cc1[nH]c(C2C#CC23C(=O)Nc2ccc(C(=O)NC(C)c4ccc(F)cc4)cc23)c(C)c1NC(=O)/C=C/c1ccoc1. The maximum Gasteiger partial charge on any atom is 0.251 e. The number of benzene rings is 2. The predicted octanol–water partition coefficient (Wildman–Crippen LogP) is 5.50. The fourth-order valence-electron chi connectivity index (χ4n) is 5.52. The average molecular weight is 563 g/mol. The molecule has 6 rings (SSSR count). The van der Waals surface area contributed by atoms with E-state index in [-0.39, 0.29) is 29.6 Å². The normalized spacial score (nSPS) is 19.0. The van der Waals surface area contributed by atoms with E-state index in [4.69, 9.17) is 4.42 Å². The third-order valence-electron chi connectivity index (χ3n) is 7.86. The van der Waals surface area contributed by atoms with Crippen molar-refractivity contribution in [3.8, 4) is 11.8 Å². The van der Waals surface area contributed by atoms with Gasteiger partial charge in [-0.2, -0.15) is 0 Å². The number of rotatable bonds is 7. The smallest absolute Gasteiger partial charge is 0.251 e. The van der Waals surface area contributed by atoms with E-state index in [1.165, 1.54) is 30.7 Å². The highest BCUT2D eigenvalue weighted by atomic mass is 19.1. The van der Waals surface area contributed by atoms with Crippen molar-refractivity contribution >= 4 is 35.2 Å². The number of fused-ring (bicyclic) bond motifs is 2. The number of halogens is 1. The molecule has 8 nitrogen and oxygen atoms in total. The van der Waals surface area contributed by atoms with Gasteiger partial charge in [-0.05, 0) is 74.4 Å². The van der Waals surface area contributed by atoms with E-state index in [9.17, 15) is 18.8 Å². The number of H-pyrrole nitrogens is 1. The number of aromatic nitrogens is 1. The minimum absolute atomic E-state index is 0.265. The van der Waals surface area contributed by atoms with Gasteiger partial charge in [0.15, 0.2) is 5.41 Å². The Balaban J connectivity index is 1.25. The number of aromatic amines is 1. The summed E-state index contributed by atoms with van der Waals surface area (Å²) >= 11 is 0. The molecule has 0 saturated heterocycles. The molecule has 0 bridgehead atoms. The van der Waals surface area contributed by atoms with Crippen molar-refractivity contribution in [1.29, 1.82) is 0 Å². The number of aryl methyl sites for hydroxylation is 1. The van der Waals surface area contributed by atoms with E-state index in [0.717, 1.165) is 28.1 Å². The molecule has 3 unspecified atom stereocenters. The molecule has 9 heteroatoms. The third kappa shape index (κ3) is 4.47. The zero-order chi connectivity index (χ0) is 29.6. The van der Waals surface area contributed by atoms with Crippen molar-refractivity contribution in [3.05, 3.63) is 112 Å². The zero-order valence-corrected chi connectivity index (χ0v) is 23.1. The maximum absolute atomic E-state index is 13.4. The standard InChI is InChI=1S/C33H27FN4O4/c1-18-29(38-28(39)11-4-21-13-15-42-17-21)20(3)35-30(18)25-12-14-33(25)26-16-23(7-10-27(26)37-32(33)41)31(40)36-19(2)22-5-8-24(34)9-6-22/h4-11,13,15-17,19,25,35H,1-3H3,(H,36,40)(H,37,41)(H,38,39)/b11-4+. The minimum Gasteiger partial charge on any atom is -0.472 e. The summed E-state index contributed by atoms with van der Waals surface area (Å²) in [6.45, 7) is 5.53. The molecule has 4 N–H and O–H groups in total. The van der Waals surface area contributed by atoms with Gasteiger partial charge in [0.25, 0.3) is 5.91 Å². The molecule has 3 atom stereocenters. The molecule has 42 heavy (non-hydrogen) atoms. The van der Waals surface area contributed by atoms with Crippen LogP contribution in [0.1, 0.15) is 62.9 Å². The van der Waals surface area contributed by atoms with Gasteiger partial charge in [0, 0.05) is 39.8 Å². The second-order valence-corrected chi connectivity index (χ2v) is 10.5. The highest BCUT2D eigenvalue weighted by Crippen LogP contribution is 2.52. The predicted molar refractivity (Wildman–Crippen MR) is 156 cm³/mol. The lowest BCUT2D eigenvalue weighted by atomic mass is 9.64. The van der Waals surface area contributed by atoms with E-state index < -0.39 is 11.3 Å². The number of furan rings is 1.